The Bertz CT molecular complexity index is 2460. The number of benzene rings is 5. The van der Waals surface area contributed by atoms with Crippen LogP contribution < -0.4 is 21.3 Å². The zero-order valence-corrected chi connectivity index (χ0v) is 36.6. The van der Waals surface area contributed by atoms with Gasteiger partial charge in [-0.1, -0.05) is 59.6 Å². The van der Waals surface area contributed by atoms with Gasteiger partial charge in [-0.15, -0.1) is 23.2 Å². The third-order valence-corrected chi connectivity index (χ3v) is 10.6. The second-order valence-electron chi connectivity index (χ2n) is 13.7. The zero-order chi connectivity index (χ0) is 45.1. The smallest absolute Gasteiger partial charge is 0.258 e. The number of nitrogens with zero attached hydrogens (tertiary/aromatic N) is 4. The van der Waals surface area contributed by atoms with E-state index in [0.29, 0.717) is 45.0 Å². The molecule has 0 aliphatic rings. The molecule has 0 fully saturated rings. The SMILES string of the molecule is CC(=O)C(N=Nc1ccc(Cl)c(C(=O)Nc2ccccc2CCl)c1)C(=O)Nc1ccc(NC(=O)C(N=Nc2ccc(Cl)c(C(=O)Nc3ccccc3CCl)c2)C(C)=O)c(C)c1C. The van der Waals surface area contributed by atoms with Crippen molar-refractivity contribution >= 4 is 116 Å². The van der Waals surface area contributed by atoms with E-state index >= 15 is 0 Å². The lowest BCUT2D eigenvalue weighted by Crippen LogP contribution is -2.33. The highest BCUT2D eigenvalue weighted by Gasteiger charge is 2.27. The van der Waals surface area contributed by atoms with E-state index in [1.54, 1.807) is 62.4 Å². The van der Waals surface area contributed by atoms with Crippen molar-refractivity contribution in [3.63, 3.8) is 0 Å². The lowest BCUT2D eigenvalue weighted by atomic mass is 10.0. The predicted octanol–water partition coefficient (Wildman–Crippen LogP) is 11.0. The van der Waals surface area contributed by atoms with Crippen LogP contribution in [0.2, 0.25) is 10.0 Å². The van der Waals surface area contributed by atoms with Gasteiger partial charge >= 0.3 is 0 Å². The minimum Gasteiger partial charge on any atom is -0.324 e. The lowest BCUT2D eigenvalue weighted by Gasteiger charge is -2.17. The number of ketones is 2. The van der Waals surface area contributed by atoms with E-state index in [-0.39, 0.29) is 44.3 Å². The molecule has 4 N–H and O–H groups in total. The quantitative estimate of drug-likeness (QED) is 0.0431. The number of rotatable bonds is 16. The monoisotopic (exact) mass is 914 g/mol. The first-order valence-electron chi connectivity index (χ1n) is 18.7. The van der Waals surface area contributed by atoms with Gasteiger partial charge in [0, 0.05) is 34.5 Å². The molecule has 0 heterocycles. The Morgan fingerprint density at radius 2 is 0.887 bits per heavy atom. The largest absolute Gasteiger partial charge is 0.324 e. The van der Waals surface area contributed by atoms with Crippen molar-refractivity contribution < 1.29 is 28.8 Å². The van der Waals surface area contributed by atoms with Gasteiger partial charge in [0.15, 0.2) is 11.6 Å². The first-order chi connectivity index (χ1) is 29.6. The standard InChI is InChI=1S/C44H38Cl4N8O6/c1-23-24(2)36(50-44(62)40(26(4)58)56-54-30-14-16-34(48)32(20-30)42(60)52-38-12-8-6-10-28(38)22-46)18-17-35(23)49-43(61)39(25(3)57)55-53-29-13-15-33(47)31(19-29)41(59)51-37-11-7-5-9-27(37)21-45/h5-20,39-40H,21-22H2,1-4H3,(H,49,61)(H,50,62)(H,51,59)(H,52,60). The second kappa shape index (κ2) is 21.5. The van der Waals surface area contributed by atoms with Gasteiger partial charge in [-0.25, -0.2) is 0 Å². The first-order valence-corrected chi connectivity index (χ1v) is 20.5. The fourth-order valence-corrected chi connectivity index (χ4v) is 6.65. The molecule has 0 aliphatic heterocycles. The third kappa shape index (κ3) is 11.7. The topological polar surface area (TPSA) is 200 Å². The van der Waals surface area contributed by atoms with Crippen LogP contribution in [0.15, 0.2) is 118 Å². The number of azo groups is 2. The Kier molecular flexibility index (Phi) is 16.2. The average molecular weight is 917 g/mol. The molecule has 62 heavy (non-hydrogen) atoms. The van der Waals surface area contributed by atoms with Crippen LogP contribution in [0.25, 0.3) is 0 Å². The highest BCUT2D eigenvalue weighted by molar-refractivity contribution is 6.35. The summed E-state index contributed by atoms with van der Waals surface area (Å²) in [6.07, 6.45) is 0. The summed E-state index contributed by atoms with van der Waals surface area (Å²) >= 11 is 24.6. The van der Waals surface area contributed by atoms with E-state index in [4.69, 9.17) is 46.4 Å². The van der Waals surface area contributed by atoms with Gasteiger partial charge in [-0.2, -0.15) is 20.5 Å². The van der Waals surface area contributed by atoms with Gasteiger partial charge in [0.2, 0.25) is 12.1 Å². The first kappa shape index (κ1) is 46.7. The van der Waals surface area contributed by atoms with E-state index in [1.165, 1.54) is 62.4 Å². The molecule has 0 bridgehead atoms. The number of carbonyl (C=O) groups is 6. The number of hydrogen-bond acceptors (Lipinski definition) is 10. The van der Waals surface area contributed by atoms with Crippen molar-refractivity contribution in [3.05, 3.63) is 140 Å². The van der Waals surface area contributed by atoms with Crippen molar-refractivity contribution in [2.24, 2.45) is 20.5 Å². The molecule has 0 aromatic heterocycles. The van der Waals surface area contributed by atoms with Crippen molar-refractivity contribution in [2.75, 3.05) is 21.3 Å². The number of anilines is 4. The highest BCUT2D eigenvalue weighted by Crippen LogP contribution is 2.29. The highest BCUT2D eigenvalue weighted by atomic mass is 35.5. The molecule has 18 heteroatoms. The molecule has 0 radical (unpaired) electrons. The predicted molar refractivity (Wildman–Crippen MR) is 242 cm³/mol. The van der Waals surface area contributed by atoms with E-state index in [9.17, 15) is 28.8 Å². The van der Waals surface area contributed by atoms with Crippen molar-refractivity contribution in [1.29, 1.82) is 0 Å². The molecule has 5 aromatic carbocycles. The molecule has 5 rings (SSSR count). The van der Waals surface area contributed by atoms with Crippen LogP contribution in [0.3, 0.4) is 0 Å². The number of nitrogens with one attached hydrogen (secondary N) is 4. The van der Waals surface area contributed by atoms with Gasteiger partial charge in [0.1, 0.15) is 0 Å². The Hall–Kier alpha value is -6.32. The molecular weight excluding hydrogens is 878 g/mol. The van der Waals surface area contributed by atoms with Gasteiger partial charge < -0.3 is 21.3 Å². The van der Waals surface area contributed by atoms with Crippen LogP contribution in [-0.2, 0) is 30.9 Å². The normalized spacial score (nSPS) is 12.1. The summed E-state index contributed by atoms with van der Waals surface area (Å²) in [5.41, 5.74) is 4.58. The van der Waals surface area contributed by atoms with Gasteiger partial charge in [0.05, 0.1) is 32.5 Å². The third-order valence-electron chi connectivity index (χ3n) is 9.36. The fourth-order valence-electron chi connectivity index (χ4n) is 5.77. The number of carbonyl (C=O) groups excluding carboxylic acids is 6. The molecule has 14 nitrogen and oxygen atoms in total. The molecule has 318 valence electrons. The summed E-state index contributed by atoms with van der Waals surface area (Å²) in [6, 6.07) is 22.5. The average Bonchev–Trinajstić information content (AvgIpc) is 3.24. The summed E-state index contributed by atoms with van der Waals surface area (Å²) in [7, 11) is 0. The number of amides is 4. The Morgan fingerprint density at radius 3 is 1.24 bits per heavy atom. The maximum absolute atomic E-state index is 13.4. The number of hydrogen-bond donors (Lipinski definition) is 4. The Labute approximate surface area is 376 Å². The van der Waals surface area contributed by atoms with E-state index in [2.05, 4.69) is 41.7 Å². The number of para-hydroxylation sites is 2. The van der Waals surface area contributed by atoms with Crippen molar-refractivity contribution in [1.82, 2.24) is 0 Å². The molecule has 5 aromatic rings. The van der Waals surface area contributed by atoms with E-state index in [1.807, 2.05) is 0 Å². The number of halogens is 4. The van der Waals surface area contributed by atoms with Gasteiger partial charge in [0.25, 0.3) is 23.6 Å². The Morgan fingerprint density at radius 1 is 0.516 bits per heavy atom. The van der Waals surface area contributed by atoms with Crippen LogP contribution in [0.1, 0.15) is 56.8 Å². The molecular formula is C44H38Cl4N8O6. The maximum atomic E-state index is 13.4. The molecule has 0 aliphatic carbocycles. The van der Waals surface area contributed by atoms with Gasteiger partial charge in [-0.3, -0.25) is 28.8 Å². The molecule has 0 spiro atoms. The summed E-state index contributed by atoms with van der Waals surface area (Å²) in [5, 5.41) is 27.3. The molecule has 2 atom stereocenters. The van der Waals surface area contributed by atoms with Gasteiger partial charge in [-0.05, 0) is 111 Å². The summed E-state index contributed by atoms with van der Waals surface area (Å²) in [5.74, 6) is -3.50. The van der Waals surface area contributed by atoms with Crippen molar-refractivity contribution in [3.8, 4) is 0 Å². The minimum absolute atomic E-state index is 0.0788. The minimum atomic E-state index is -1.56. The lowest BCUT2D eigenvalue weighted by molar-refractivity contribution is -0.127. The van der Waals surface area contributed by atoms with E-state index in [0.717, 1.165) is 0 Å². The second-order valence-corrected chi connectivity index (χ2v) is 15.0. The van der Waals surface area contributed by atoms with E-state index < -0.39 is 47.3 Å². The zero-order valence-electron chi connectivity index (χ0n) is 33.6. The molecule has 0 saturated carbocycles. The molecule has 4 amide bonds. The summed E-state index contributed by atoms with van der Waals surface area (Å²) in [4.78, 5) is 78.2. The molecule has 0 saturated heterocycles. The summed E-state index contributed by atoms with van der Waals surface area (Å²) < 4.78 is 0. The van der Waals surface area contributed by atoms with Crippen LogP contribution in [-0.4, -0.2) is 47.3 Å². The van der Waals surface area contributed by atoms with Crippen molar-refractivity contribution in [2.45, 2.75) is 51.5 Å². The van der Waals surface area contributed by atoms with Crippen LogP contribution >= 0.6 is 46.4 Å². The van der Waals surface area contributed by atoms with Crippen LogP contribution in [0.5, 0.6) is 0 Å². The van der Waals surface area contributed by atoms with Crippen LogP contribution in [0.4, 0.5) is 34.1 Å². The summed E-state index contributed by atoms with van der Waals surface area (Å²) in [6.45, 7) is 5.73. The number of Topliss-reactive ketones (excluding diaryl/α,β-unsaturated/α-hetero) is 2. The van der Waals surface area contributed by atoms with Crippen LogP contribution in [0, 0.1) is 13.8 Å². The molecule has 2 unspecified atom stereocenters. The number of alkyl halides is 2. The Balaban J connectivity index is 1.26. The fraction of sp³-hybridized carbons (Fsp3) is 0.182. The maximum Gasteiger partial charge on any atom is 0.258 e.